The molecule has 1 aromatic carbocycles. The van der Waals surface area contributed by atoms with Gasteiger partial charge in [0, 0.05) is 20.5 Å². The van der Waals surface area contributed by atoms with Crippen molar-refractivity contribution in [2.45, 2.75) is 36.7 Å². The van der Waals surface area contributed by atoms with E-state index in [1.54, 1.807) is 19.0 Å². The van der Waals surface area contributed by atoms with Crippen molar-refractivity contribution in [1.29, 1.82) is 0 Å². The molecule has 0 bridgehead atoms. The normalized spacial score (nSPS) is 13.6. The lowest BCUT2D eigenvalue weighted by Gasteiger charge is -2.14. The van der Waals surface area contributed by atoms with Crippen molar-refractivity contribution < 1.29 is 9.21 Å². The first-order valence-corrected chi connectivity index (χ1v) is 8.10. The fraction of sp³-hybridized carbons (Fsp3) is 0.438. The van der Waals surface area contributed by atoms with Crippen molar-refractivity contribution in [1.82, 2.24) is 15.1 Å². The zero-order chi connectivity index (χ0) is 16.1. The molecular weight excluding hydrogens is 298 g/mol. The molecule has 0 radical (unpaired) electrons. The van der Waals surface area contributed by atoms with Crippen LogP contribution in [0.4, 0.5) is 0 Å². The minimum absolute atomic E-state index is 0.0300. The molecule has 1 amide bonds. The van der Waals surface area contributed by atoms with Crippen LogP contribution in [0.3, 0.4) is 0 Å². The Labute approximate surface area is 135 Å². The average molecular weight is 319 g/mol. The van der Waals surface area contributed by atoms with Crippen molar-refractivity contribution in [2.24, 2.45) is 0 Å². The Morgan fingerprint density at radius 1 is 1.23 bits per heavy atom. The Bertz CT molecular complexity index is 613. The van der Waals surface area contributed by atoms with E-state index in [1.165, 1.54) is 17.3 Å². The van der Waals surface area contributed by atoms with Crippen LogP contribution in [0, 0.1) is 0 Å². The number of aromatic nitrogens is 2. The summed E-state index contributed by atoms with van der Waals surface area (Å²) in [5, 5.41) is 8.30. The molecule has 5 nitrogen and oxygen atoms in total. The van der Waals surface area contributed by atoms with Crippen LogP contribution in [-0.4, -0.2) is 40.3 Å². The van der Waals surface area contributed by atoms with Gasteiger partial charge >= 0.3 is 0 Å². The summed E-state index contributed by atoms with van der Waals surface area (Å²) in [6.45, 7) is 3.97. The molecule has 0 saturated carbocycles. The van der Waals surface area contributed by atoms with Crippen LogP contribution < -0.4 is 0 Å². The third-order valence-corrected chi connectivity index (χ3v) is 4.29. The number of thioether (sulfide) groups is 1. The Hall–Kier alpha value is -1.82. The SMILES string of the molecule is CC(Sc1nnc(CC(C)c2ccccc2)o1)C(=O)N(C)C. The summed E-state index contributed by atoms with van der Waals surface area (Å²) in [6, 6.07) is 10.2. The Kier molecular flexibility index (Phi) is 5.60. The van der Waals surface area contributed by atoms with Gasteiger partial charge in [0.15, 0.2) is 0 Å². The highest BCUT2D eigenvalue weighted by Crippen LogP contribution is 2.25. The summed E-state index contributed by atoms with van der Waals surface area (Å²) in [5.41, 5.74) is 1.24. The Morgan fingerprint density at radius 2 is 1.91 bits per heavy atom. The minimum atomic E-state index is -0.241. The first kappa shape index (κ1) is 16.5. The highest BCUT2D eigenvalue weighted by molar-refractivity contribution is 8.00. The number of nitrogens with zero attached hydrogens (tertiary/aromatic N) is 3. The summed E-state index contributed by atoms with van der Waals surface area (Å²) in [4.78, 5) is 13.4. The molecule has 0 N–H and O–H groups in total. The predicted molar refractivity (Wildman–Crippen MR) is 86.9 cm³/mol. The zero-order valence-electron chi connectivity index (χ0n) is 13.3. The second kappa shape index (κ2) is 7.45. The lowest BCUT2D eigenvalue weighted by atomic mass is 9.98. The van der Waals surface area contributed by atoms with Gasteiger partial charge in [-0.2, -0.15) is 0 Å². The van der Waals surface area contributed by atoms with Gasteiger partial charge in [0.2, 0.25) is 11.8 Å². The van der Waals surface area contributed by atoms with Gasteiger partial charge in [-0.25, -0.2) is 0 Å². The monoisotopic (exact) mass is 319 g/mol. The highest BCUT2D eigenvalue weighted by atomic mass is 32.2. The molecule has 2 rings (SSSR count). The number of hydrogen-bond donors (Lipinski definition) is 0. The number of benzene rings is 1. The molecule has 0 spiro atoms. The van der Waals surface area contributed by atoms with Crippen molar-refractivity contribution >= 4 is 17.7 Å². The Balaban J connectivity index is 1.95. The lowest BCUT2D eigenvalue weighted by Crippen LogP contribution is -2.29. The fourth-order valence-electron chi connectivity index (χ4n) is 2.09. The molecule has 1 aromatic heterocycles. The third-order valence-electron chi connectivity index (χ3n) is 3.36. The summed E-state index contributed by atoms with van der Waals surface area (Å²) < 4.78 is 5.65. The molecule has 0 aliphatic carbocycles. The van der Waals surface area contributed by atoms with Crippen LogP contribution >= 0.6 is 11.8 Å². The van der Waals surface area contributed by atoms with E-state index in [2.05, 4.69) is 29.3 Å². The third kappa shape index (κ3) is 4.34. The summed E-state index contributed by atoms with van der Waals surface area (Å²) in [6.07, 6.45) is 0.688. The fourth-order valence-corrected chi connectivity index (χ4v) is 2.94. The van der Waals surface area contributed by atoms with Crippen molar-refractivity contribution in [2.75, 3.05) is 14.1 Å². The number of hydrogen-bond acceptors (Lipinski definition) is 5. The van der Waals surface area contributed by atoms with E-state index in [9.17, 15) is 4.79 Å². The molecule has 1 heterocycles. The summed E-state index contributed by atoms with van der Waals surface area (Å²) >= 11 is 1.29. The molecule has 0 aliphatic heterocycles. The van der Waals surface area contributed by atoms with Gasteiger partial charge in [-0.05, 0) is 18.4 Å². The second-order valence-electron chi connectivity index (χ2n) is 5.47. The van der Waals surface area contributed by atoms with E-state index in [0.29, 0.717) is 23.5 Å². The smallest absolute Gasteiger partial charge is 0.277 e. The van der Waals surface area contributed by atoms with Gasteiger partial charge in [-0.15, -0.1) is 10.2 Å². The van der Waals surface area contributed by atoms with E-state index in [1.807, 2.05) is 25.1 Å². The van der Waals surface area contributed by atoms with E-state index in [-0.39, 0.29) is 11.2 Å². The molecular formula is C16H21N3O2S. The molecule has 22 heavy (non-hydrogen) atoms. The van der Waals surface area contributed by atoms with Gasteiger partial charge in [0.25, 0.3) is 5.22 Å². The van der Waals surface area contributed by atoms with Crippen molar-refractivity contribution in [3.05, 3.63) is 41.8 Å². The van der Waals surface area contributed by atoms with E-state index >= 15 is 0 Å². The number of amides is 1. The quantitative estimate of drug-likeness (QED) is 0.766. The van der Waals surface area contributed by atoms with Gasteiger partial charge in [-0.3, -0.25) is 4.79 Å². The first-order valence-electron chi connectivity index (χ1n) is 7.22. The molecule has 118 valence electrons. The molecule has 2 aromatic rings. The van der Waals surface area contributed by atoms with E-state index in [0.717, 1.165) is 0 Å². The van der Waals surface area contributed by atoms with Gasteiger partial charge < -0.3 is 9.32 Å². The molecule has 6 heteroatoms. The standard InChI is InChI=1S/C16H21N3O2S/c1-11(13-8-6-5-7-9-13)10-14-17-18-16(21-14)22-12(2)15(20)19(3)4/h5-9,11-12H,10H2,1-4H3. The van der Waals surface area contributed by atoms with Crippen LogP contribution in [0.15, 0.2) is 40.0 Å². The molecule has 2 atom stereocenters. The van der Waals surface area contributed by atoms with Crippen LogP contribution in [0.5, 0.6) is 0 Å². The molecule has 0 saturated heterocycles. The van der Waals surface area contributed by atoms with E-state index < -0.39 is 0 Å². The van der Waals surface area contributed by atoms with Gasteiger partial charge in [0.1, 0.15) is 0 Å². The highest BCUT2D eigenvalue weighted by Gasteiger charge is 2.20. The number of carbonyl (C=O) groups is 1. The number of rotatable bonds is 6. The van der Waals surface area contributed by atoms with Crippen LogP contribution in [0.25, 0.3) is 0 Å². The minimum Gasteiger partial charge on any atom is -0.416 e. The molecule has 2 unspecified atom stereocenters. The summed E-state index contributed by atoms with van der Waals surface area (Å²) in [5.74, 6) is 0.936. The van der Waals surface area contributed by atoms with E-state index in [4.69, 9.17) is 4.42 Å². The maximum absolute atomic E-state index is 11.8. The summed E-state index contributed by atoms with van der Waals surface area (Å²) in [7, 11) is 3.47. The van der Waals surface area contributed by atoms with Crippen LogP contribution in [-0.2, 0) is 11.2 Å². The first-order chi connectivity index (χ1) is 10.5. The van der Waals surface area contributed by atoms with Crippen LogP contribution in [0.1, 0.15) is 31.2 Å². The average Bonchev–Trinajstić information content (AvgIpc) is 2.94. The zero-order valence-corrected chi connectivity index (χ0v) is 14.1. The van der Waals surface area contributed by atoms with Crippen molar-refractivity contribution in [3.63, 3.8) is 0 Å². The largest absolute Gasteiger partial charge is 0.416 e. The maximum atomic E-state index is 11.8. The molecule has 0 aliphatic rings. The maximum Gasteiger partial charge on any atom is 0.277 e. The predicted octanol–water partition coefficient (Wildman–Crippen LogP) is 2.98. The lowest BCUT2D eigenvalue weighted by molar-refractivity contribution is -0.127. The van der Waals surface area contributed by atoms with Crippen LogP contribution in [0.2, 0.25) is 0 Å². The van der Waals surface area contributed by atoms with Gasteiger partial charge in [-0.1, -0.05) is 49.0 Å². The van der Waals surface area contributed by atoms with Crippen molar-refractivity contribution in [3.8, 4) is 0 Å². The molecule has 0 fully saturated rings. The topological polar surface area (TPSA) is 59.2 Å². The number of carbonyl (C=O) groups excluding carboxylic acids is 1. The second-order valence-corrected chi connectivity index (χ2v) is 6.76. The van der Waals surface area contributed by atoms with Gasteiger partial charge in [0.05, 0.1) is 5.25 Å². The Morgan fingerprint density at radius 3 is 2.55 bits per heavy atom.